The molecule has 1 aromatic carbocycles. The van der Waals surface area contributed by atoms with E-state index in [9.17, 15) is 19.1 Å². The Balaban J connectivity index is 2.66. The maximum Gasteiger partial charge on any atom is 0.318 e. The van der Waals surface area contributed by atoms with Crippen LogP contribution in [-0.4, -0.2) is 49.2 Å². The number of anilines is 1. The first-order valence-corrected chi connectivity index (χ1v) is 10.6. The number of ketones is 1. The number of esters is 1. The molecule has 1 unspecified atom stereocenters. The SMILES string of the molecule is C=CC(O)CC(=O)CC(=O)Oc1c(C(C)C)nc(N(C)C)c(COC)c1-c1ccc(F)cc1. The Kier molecular flexibility index (Phi) is 9.25. The molecule has 1 atom stereocenters. The predicted molar refractivity (Wildman–Crippen MR) is 125 cm³/mol. The highest BCUT2D eigenvalue weighted by molar-refractivity contribution is 5.97. The summed E-state index contributed by atoms with van der Waals surface area (Å²) in [6.07, 6.45) is -0.540. The zero-order valence-electron chi connectivity index (χ0n) is 19.7. The lowest BCUT2D eigenvalue weighted by Gasteiger charge is -2.25. The van der Waals surface area contributed by atoms with Crippen LogP contribution in [0.2, 0.25) is 0 Å². The van der Waals surface area contributed by atoms with Gasteiger partial charge in [0.2, 0.25) is 0 Å². The van der Waals surface area contributed by atoms with Crippen molar-refractivity contribution in [1.29, 1.82) is 0 Å². The molecule has 0 radical (unpaired) electrons. The third-order valence-electron chi connectivity index (χ3n) is 4.92. The van der Waals surface area contributed by atoms with Crippen molar-refractivity contribution in [2.24, 2.45) is 0 Å². The number of aliphatic hydroxyl groups is 1. The summed E-state index contributed by atoms with van der Waals surface area (Å²) in [6, 6.07) is 5.83. The van der Waals surface area contributed by atoms with Crippen LogP contribution in [-0.2, 0) is 20.9 Å². The molecule has 0 aliphatic rings. The maximum atomic E-state index is 13.7. The molecule has 2 aromatic rings. The lowest BCUT2D eigenvalue weighted by molar-refractivity contribution is -0.138. The van der Waals surface area contributed by atoms with Gasteiger partial charge in [-0.1, -0.05) is 32.1 Å². The predicted octanol–water partition coefficient (Wildman–Crippen LogP) is 4.03. The Morgan fingerprint density at radius 2 is 1.88 bits per heavy atom. The number of halogens is 1. The summed E-state index contributed by atoms with van der Waals surface area (Å²) < 4.78 is 24.8. The van der Waals surface area contributed by atoms with Crippen LogP contribution in [0.1, 0.15) is 43.9 Å². The molecule has 7 nitrogen and oxygen atoms in total. The summed E-state index contributed by atoms with van der Waals surface area (Å²) in [4.78, 5) is 31.4. The Morgan fingerprint density at radius 3 is 2.39 bits per heavy atom. The van der Waals surface area contributed by atoms with E-state index in [4.69, 9.17) is 14.5 Å². The van der Waals surface area contributed by atoms with Crippen molar-refractivity contribution in [3.8, 4) is 16.9 Å². The minimum atomic E-state index is -1.03. The van der Waals surface area contributed by atoms with Crippen molar-refractivity contribution in [1.82, 2.24) is 4.98 Å². The molecular weight excluding hydrogens is 427 g/mol. The number of benzene rings is 1. The molecule has 1 heterocycles. The lowest BCUT2D eigenvalue weighted by Crippen LogP contribution is -2.21. The number of hydrogen-bond acceptors (Lipinski definition) is 7. The number of ether oxygens (including phenoxy) is 2. The molecule has 0 bridgehead atoms. The lowest BCUT2D eigenvalue weighted by atomic mass is 9.95. The first kappa shape index (κ1) is 26.2. The number of rotatable bonds is 11. The topological polar surface area (TPSA) is 89.0 Å². The first-order chi connectivity index (χ1) is 15.6. The van der Waals surface area contributed by atoms with Gasteiger partial charge >= 0.3 is 5.97 Å². The van der Waals surface area contributed by atoms with Crippen molar-refractivity contribution >= 4 is 17.6 Å². The number of hydrogen-bond donors (Lipinski definition) is 1. The van der Waals surface area contributed by atoms with Gasteiger partial charge in [0.15, 0.2) is 5.75 Å². The van der Waals surface area contributed by atoms with E-state index in [0.29, 0.717) is 28.2 Å². The second-order valence-corrected chi connectivity index (χ2v) is 8.19. The Labute approximate surface area is 193 Å². The van der Waals surface area contributed by atoms with E-state index < -0.39 is 30.1 Å². The van der Waals surface area contributed by atoms with Crippen LogP contribution in [0.5, 0.6) is 5.75 Å². The van der Waals surface area contributed by atoms with E-state index in [-0.39, 0.29) is 24.7 Å². The molecule has 1 N–H and O–H groups in total. The standard InChI is InChI=1S/C25H31FN2O5/c1-7-18(29)12-19(30)13-21(31)33-24-22(16-8-10-17(26)11-9-16)20(14-32-6)25(28(4)5)27-23(24)15(2)3/h7-11,15,18,29H,1,12-14H2,2-6H3. The van der Waals surface area contributed by atoms with Crippen LogP contribution in [0.25, 0.3) is 11.1 Å². The molecule has 0 fully saturated rings. The number of methoxy groups -OCH3 is 1. The second kappa shape index (κ2) is 11.7. The van der Waals surface area contributed by atoms with Crippen LogP contribution >= 0.6 is 0 Å². The van der Waals surface area contributed by atoms with Gasteiger partial charge in [-0.15, -0.1) is 6.58 Å². The third-order valence-corrected chi connectivity index (χ3v) is 4.92. The molecule has 2 rings (SSSR count). The number of aliphatic hydroxyl groups excluding tert-OH is 1. The molecule has 0 saturated heterocycles. The van der Waals surface area contributed by atoms with Gasteiger partial charge in [0.25, 0.3) is 0 Å². The quantitative estimate of drug-likeness (QED) is 0.309. The maximum absolute atomic E-state index is 13.7. The molecule has 8 heteroatoms. The monoisotopic (exact) mass is 458 g/mol. The number of carbonyl (C=O) groups is 2. The van der Waals surface area contributed by atoms with Crippen molar-refractivity contribution in [2.75, 3.05) is 26.1 Å². The van der Waals surface area contributed by atoms with E-state index in [1.807, 2.05) is 32.8 Å². The highest BCUT2D eigenvalue weighted by Crippen LogP contribution is 2.42. The number of nitrogens with zero attached hydrogens (tertiary/aromatic N) is 2. The van der Waals surface area contributed by atoms with Crippen LogP contribution in [0.15, 0.2) is 36.9 Å². The number of carbonyl (C=O) groups excluding carboxylic acids is 2. The molecule has 178 valence electrons. The zero-order valence-corrected chi connectivity index (χ0v) is 19.7. The Hall–Kier alpha value is -3.10. The van der Waals surface area contributed by atoms with Crippen LogP contribution in [0, 0.1) is 5.82 Å². The number of aromatic nitrogens is 1. The number of pyridine rings is 1. The molecule has 0 aliphatic carbocycles. The smallest absolute Gasteiger partial charge is 0.318 e. The van der Waals surface area contributed by atoms with Gasteiger partial charge < -0.3 is 19.5 Å². The third kappa shape index (κ3) is 6.69. The fourth-order valence-electron chi connectivity index (χ4n) is 3.38. The molecule has 33 heavy (non-hydrogen) atoms. The fourth-order valence-corrected chi connectivity index (χ4v) is 3.38. The Morgan fingerprint density at radius 1 is 1.24 bits per heavy atom. The summed E-state index contributed by atoms with van der Waals surface area (Å²) in [7, 11) is 5.23. The number of Topliss-reactive ketones (excluding diaryl/α,β-unsaturated/α-hetero) is 1. The van der Waals surface area contributed by atoms with Gasteiger partial charge in [-0.2, -0.15) is 0 Å². The highest BCUT2D eigenvalue weighted by Gasteiger charge is 2.27. The van der Waals surface area contributed by atoms with Crippen molar-refractivity contribution in [2.45, 2.75) is 45.3 Å². The summed E-state index contributed by atoms with van der Waals surface area (Å²) in [6.45, 7) is 7.41. The summed E-state index contributed by atoms with van der Waals surface area (Å²) >= 11 is 0. The summed E-state index contributed by atoms with van der Waals surface area (Å²) in [5, 5.41) is 9.59. The van der Waals surface area contributed by atoms with Gasteiger partial charge in [-0.05, 0) is 23.6 Å². The normalized spacial score (nSPS) is 11.9. The molecule has 1 aromatic heterocycles. The fraction of sp³-hybridized carbons (Fsp3) is 0.400. The largest absolute Gasteiger partial charge is 0.424 e. The van der Waals surface area contributed by atoms with Crippen LogP contribution in [0.4, 0.5) is 10.2 Å². The van der Waals surface area contributed by atoms with Crippen molar-refractivity contribution in [3.63, 3.8) is 0 Å². The first-order valence-electron chi connectivity index (χ1n) is 10.6. The second-order valence-electron chi connectivity index (χ2n) is 8.19. The summed E-state index contributed by atoms with van der Waals surface area (Å²) in [5.74, 6) is -0.939. The zero-order chi connectivity index (χ0) is 24.7. The van der Waals surface area contributed by atoms with Gasteiger partial charge in [0.1, 0.15) is 23.8 Å². The van der Waals surface area contributed by atoms with Gasteiger partial charge in [0, 0.05) is 38.8 Å². The molecular formula is C25H31FN2O5. The van der Waals surface area contributed by atoms with Crippen molar-refractivity contribution < 1.29 is 28.6 Å². The Bertz CT molecular complexity index is 1000. The van der Waals surface area contributed by atoms with Gasteiger partial charge in [-0.3, -0.25) is 9.59 Å². The molecule has 0 amide bonds. The average Bonchev–Trinajstić information content (AvgIpc) is 2.74. The van der Waals surface area contributed by atoms with Crippen LogP contribution < -0.4 is 9.64 Å². The van der Waals surface area contributed by atoms with E-state index in [1.54, 1.807) is 19.2 Å². The minimum absolute atomic E-state index is 0.124. The van der Waals surface area contributed by atoms with Crippen LogP contribution in [0.3, 0.4) is 0 Å². The molecule has 0 aliphatic heterocycles. The van der Waals surface area contributed by atoms with E-state index >= 15 is 0 Å². The highest BCUT2D eigenvalue weighted by atomic mass is 19.1. The van der Waals surface area contributed by atoms with E-state index in [0.717, 1.165) is 0 Å². The molecule has 0 saturated carbocycles. The van der Waals surface area contributed by atoms with Gasteiger partial charge in [0.05, 0.1) is 18.4 Å². The minimum Gasteiger partial charge on any atom is -0.424 e. The average molecular weight is 459 g/mol. The van der Waals surface area contributed by atoms with Gasteiger partial charge in [-0.25, -0.2) is 9.37 Å². The van der Waals surface area contributed by atoms with E-state index in [2.05, 4.69) is 6.58 Å². The van der Waals surface area contributed by atoms with E-state index in [1.165, 1.54) is 18.2 Å². The van der Waals surface area contributed by atoms with Crippen molar-refractivity contribution in [3.05, 3.63) is 54.0 Å². The summed E-state index contributed by atoms with van der Waals surface area (Å²) in [5.41, 5.74) is 2.35. The molecule has 0 spiro atoms.